The van der Waals surface area contributed by atoms with Crippen molar-refractivity contribution in [2.24, 2.45) is 0 Å². The maximum atomic E-state index is 14.5. The van der Waals surface area contributed by atoms with Crippen molar-refractivity contribution in [3.05, 3.63) is 126 Å². The van der Waals surface area contributed by atoms with Crippen LogP contribution in [0.15, 0.2) is 108 Å². The minimum Gasteiger partial charge on any atom is -0.495 e. The summed E-state index contributed by atoms with van der Waals surface area (Å²) in [6.45, 7) is 3.50. The van der Waals surface area contributed by atoms with E-state index in [1.54, 1.807) is 48.5 Å². The number of halogens is 1. The van der Waals surface area contributed by atoms with E-state index in [4.69, 9.17) is 4.74 Å². The summed E-state index contributed by atoms with van der Waals surface area (Å²) in [6.07, 6.45) is 0.870. The van der Waals surface area contributed by atoms with Crippen LogP contribution in [0.2, 0.25) is 0 Å². The number of anilines is 1. The summed E-state index contributed by atoms with van der Waals surface area (Å²) in [5.41, 5.74) is 2.45. The summed E-state index contributed by atoms with van der Waals surface area (Å²) in [5, 5.41) is 2.90. The fourth-order valence-corrected chi connectivity index (χ4v) is 6.32. The second-order valence-corrected chi connectivity index (χ2v) is 12.5. The predicted molar refractivity (Wildman–Crippen MR) is 173 cm³/mol. The Balaban J connectivity index is 1.82. The molecule has 4 rings (SSSR count). The molecule has 1 atom stereocenters. The second-order valence-electron chi connectivity index (χ2n) is 10.6. The zero-order chi connectivity index (χ0) is 32.4. The lowest BCUT2D eigenvalue weighted by atomic mass is 10.0. The van der Waals surface area contributed by atoms with E-state index in [2.05, 4.69) is 5.32 Å². The van der Waals surface area contributed by atoms with Crippen LogP contribution in [0.5, 0.6) is 5.75 Å². The minimum atomic E-state index is -4.27. The molecular weight excluding hydrogens is 593 g/mol. The van der Waals surface area contributed by atoms with Gasteiger partial charge in [-0.05, 0) is 60.9 Å². The number of nitrogens with zero attached hydrogens (tertiary/aromatic N) is 2. The average Bonchev–Trinajstić information content (AvgIpc) is 3.05. The Morgan fingerprint density at radius 2 is 1.51 bits per heavy atom. The van der Waals surface area contributed by atoms with Gasteiger partial charge in [-0.15, -0.1) is 0 Å². The molecule has 2 amide bonds. The number of benzene rings is 4. The lowest BCUT2D eigenvalue weighted by Gasteiger charge is -2.34. The van der Waals surface area contributed by atoms with Crippen LogP contribution in [0.3, 0.4) is 0 Å². The first-order chi connectivity index (χ1) is 21.6. The SMILES string of the molecule is CCCNC(=O)[C@H](Cc1ccccc1)N(Cc1ccc(F)cc1)C(=O)CN(c1ccccc1OC)S(=O)(=O)c1ccc(C)cc1. The van der Waals surface area contributed by atoms with Crippen LogP contribution in [-0.2, 0) is 32.6 Å². The molecule has 0 bridgehead atoms. The number of para-hydroxylation sites is 2. The lowest BCUT2D eigenvalue weighted by molar-refractivity contribution is -0.140. The Bertz CT molecular complexity index is 1680. The van der Waals surface area contributed by atoms with E-state index >= 15 is 0 Å². The quantitative estimate of drug-likeness (QED) is 0.198. The molecule has 0 fully saturated rings. The number of carbonyl (C=O) groups excluding carboxylic acids is 2. The first-order valence-corrected chi connectivity index (χ1v) is 16.2. The van der Waals surface area contributed by atoms with Crippen molar-refractivity contribution in [3.63, 3.8) is 0 Å². The molecule has 4 aromatic carbocycles. The molecule has 8 nitrogen and oxygen atoms in total. The van der Waals surface area contributed by atoms with Crippen LogP contribution >= 0.6 is 0 Å². The van der Waals surface area contributed by atoms with Gasteiger partial charge in [0, 0.05) is 19.5 Å². The highest BCUT2D eigenvalue weighted by Crippen LogP contribution is 2.32. The van der Waals surface area contributed by atoms with E-state index in [1.165, 1.54) is 36.3 Å². The van der Waals surface area contributed by atoms with Crippen LogP contribution < -0.4 is 14.4 Å². The molecule has 4 aromatic rings. The van der Waals surface area contributed by atoms with Gasteiger partial charge < -0.3 is 15.0 Å². The number of ether oxygens (including phenoxy) is 1. The number of sulfonamides is 1. The van der Waals surface area contributed by atoms with Crippen molar-refractivity contribution in [1.82, 2.24) is 10.2 Å². The highest BCUT2D eigenvalue weighted by molar-refractivity contribution is 7.92. The number of carbonyl (C=O) groups is 2. The largest absolute Gasteiger partial charge is 0.495 e. The van der Waals surface area contributed by atoms with Crippen LogP contribution in [0.4, 0.5) is 10.1 Å². The zero-order valence-electron chi connectivity index (χ0n) is 25.6. The standard InChI is InChI=1S/C35H38FN3O5S/c1-4-22-37-35(41)32(23-27-10-6-5-7-11-27)38(24-28-16-18-29(36)19-17-28)34(40)25-39(31-12-8-9-13-33(31)44-3)45(42,43)30-20-14-26(2)15-21-30/h5-21,32H,4,22-25H2,1-3H3,(H,37,41)/t32-/m0/s1. The van der Waals surface area contributed by atoms with Gasteiger partial charge in [0.1, 0.15) is 24.2 Å². The third-order valence-corrected chi connectivity index (χ3v) is 9.10. The van der Waals surface area contributed by atoms with Gasteiger partial charge in [0.15, 0.2) is 0 Å². The van der Waals surface area contributed by atoms with E-state index in [0.717, 1.165) is 15.4 Å². The lowest BCUT2D eigenvalue weighted by Crippen LogP contribution is -2.53. The van der Waals surface area contributed by atoms with Crippen molar-refractivity contribution >= 4 is 27.5 Å². The molecule has 0 spiro atoms. The monoisotopic (exact) mass is 631 g/mol. The van der Waals surface area contributed by atoms with Gasteiger partial charge in [-0.25, -0.2) is 12.8 Å². The molecule has 0 aliphatic rings. The highest BCUT2D eigenvalue weighted by atomic mass is 32.2. The Morgan fingerprint density at radius 3 is 2.16 bits per heavy atom. The summed E-state index contributed by atoms with van der Waals surface area (Å²) in [7, 11) is -2.85. The van der Waals surface area contributed by atoms with E-state index in [9.17, 15) is 22.4 Å². The van der Waals surface area contributed by atoms with Crippen LogP contribution in [0, 0.1) is 12.7 Å². The number of rotatable bonds is 14. The molecule has 236 valence electrons. The van der Waals surface area contributed by atoms with Gasteiger partial charge in [-0.2, -0.15) is 0 Å². The molecule has 0 saturated heterocycles. The Hall–Kier alpha value is -4.70. The molecule has 0 saturated carbocycles. The topological polar surface area (TPSA) is 96.0 Å². The second kappa shape index (κ2) is 15.3. The van der Waals surface area contributed by atoms with Gasteiger partial charge >= 0.3 is 0 Å². The summed E-state index contributed by atoms with van der Waals surface area (Å²) in [5.74, 6) is -1.17. The number of amides is 2. The van der Waals surface area contributed by atoms with E-state index in [1.807, 2.05) is 44.2 Å². The number of nitrogens with one attached hydrogen (secondary N) is 1. The molecule has 0 aliphatic carbocycles. The molecule has 0 aliphatic heterocycles. The first kappa shape index (κ1) is 33.2. The summed E-state index contributed by atoms with van der Waals surface area (Å²) >= 11 is 0. The predicted octanol–water partition coefficient (Wildman–Crippen LogP) is 5.50. The summed E-state index contributed by atoms with van der Waals surface area (Å²) in [6, 6.07) is 26.8. The fraction of sp³-hybridized carbons (Fsp3) is 0.257. The van der Waals surface area contributed by atoms with Crippen molar-refractivity contribution in [2.45, 2.75) is 44.2 Å². The minimum absolute atomic E-state index is 0.00147. The summed E-state index contributed by atoms with van der Waals surface area (Å²) < 4.78 is 48.7. The van der Waals surface area contributed by atoms with E-state index in [0.29, 0.717) is 18.5 Å². The normalized spacial score (nSPS) is 11.8. The first-order valence-electron chi connectivity index (χ1n) is 14.7. The Morgan fingerprint density at radius 1 is 0.867 bits per heavy atom. The van der Waals surface area contributed by atoms with Gasteiger partial charge in [-0.3, -0.25) is 13.9 Å². The number of hydrogen-bond donors (Lipinski definition) is 1. The Kier molecular flexibility index (Phi) is 11.3. The third kappa shape index (κ3) is 8.48. The van der Waals surface area contributed by atoms with Crippen LogP contribution in [-0.4, -0.2) is 51.4 Å². The fourth-order valence-electron chi connectivity index (χ4n) is 4.89. The number of methoxy groups -OCH3 is 1. The highest BCUT2D eigenvalue weighted by Gasteiger charge is 2.35. The van der Waals surface area contributed by atoms with Crippen molar-refractivity contribution in [3.8, 4) is 5.75 Å². The van der Waals surface area contributed by atoms with E-state index in [-0.39, 0.29) is 35.2 Å². The number of aryl methyl sites for hydroxylation is 1. The van der Waals surface area contributed by atoms with Gasteiger partial charge in [0.2, 0.25) is 11.8 Å². The smallest absolute Gasteiger partial charge is 0.264 e. The molecule has 45 heavy (non-hydrogen) atoms. The third-order valence-electron chi connectivity index (χ3n) is 7.33. The zero-order valence-corrected chi connectivity index (χ0v) is 26.5. The van der Waals surface area contributed by atoms with Crippen LogP contribution in [0.25, 0.3) is 0 Å². The summed E-state index contributed by atoms with van der Waals surface area (Å²) in [4.78, 5) is 29.5. The van der Waals surface area contributed by atoms with E-state index < -0.39 is 34.3 Å². The van der Waals surface area contributed by atoms with Crippen molar-refractivity contribution < 1.29 is 27.1 Å². The molecule has 0 heterocycles. The number of hydrogen-bond acceptors (Lipinski definition) is 5. The van der Waals surface area contributed by atoms with Gasteiger partial charge in [-0.1, -0.05) is 79.2 Å². The van der Waals surface area contributed by atoms with Crippen molar-refractivity contribution in [2.75, 3.05) is 24.5 Å². The van der Waals surface area contributed by atoms with Gasteiger partial charge in [0.05, 0.1) is 17.7 Å². The molecular formula is C35H38FN3O5S. The maximum Gasteiger partial charge on any atom is 0.264 e. The Labute approximate surface area is 264 Å². The van der Waals surface area contributed by atoms with Crippen molar-refractivity contribution in [1.29, 1.82) is 0 Å². The molecule has 0 aromatic heterocycles. The molecule has 0 unspecified atom stereocenters. The maximum absolute atomic E-state index is 14.5. The molecule has 0 radical (unpaired) electrons. The average molecular weight is 632 g/mol. The van der Waals surface area contributed by atoms with Gasteiger partial charge in [0.25, 0.3) is 10.0 Å². The van der Waals surface area contributed by atoms with Crippen LogP contribution in [0.1, 0.15) is 30.0 Å². The molecule has 10 heteroatoms. The molecule has 1 N–H and O–H groups in total.